The number of para-hydroxylation sites is 1. The second-order valence-corrected chi connectivity index (χ2v) is 10.1. The molecule has 1 aliphatic carbocycles. The Morgan fingerprint density at radius 1 is 1.17 bits per heavy atom. The summed E-state index contributed by atoms with van der Waals surface area (Å²) in [6.07, 6.45) is 4.02. The molecule has 0 atom stereocenters. The summed E-state index contributed by atoms with van der Waals surface area (Å²) in [4.78, 5) is 13.4. The van der Waals surface area contributed by atoms with Crippen LogP contribution in [0.3, 0.4) is 0 Å². The molecule has 5 rings (SSSR count). The van der Waals surface area contributed by atoms with Gasteiger partial charge in [0.05, 0.1) is 17.4 Å². The number of halogens is 2. The Kier molecular flexibility index (Phi) is 6.26. The van der Waals surface area contributed by atoms with E-state index in [0.717, 1.165) is 21.2 Å². The molecule has 3 aromatic carbocycles. The summed E-state index contributed by atoms with van der Waals surface area (Å²) in [7, 11) is 0. The molecule has 0 saturated carbocycles. The van der Waals surface area contributed by atoms with Crippen molar-refractivity contribution in [2.75, 3.05) is 5.73 Å². The van der Waals surface area contributed by atoms with Gasteiger partial charge in [0.2, 0.25) is 0 Å². The molecule has 1 aromatic heterocycles. The summed E-state index contributed by atoms with van der Waals surface area (Å²) in [5.41, 5.74) is 12.4. The van der Waals surface area contributed by atoms with Crippen LogP contribution in [0.5, 0.6) is 11.5 Å². The van der Waals surface area contributed by atoms with E-state index in [1.165, 1.54) is 17.8 Å². The third-order valence-corrected chi connectivity index (χ3v) is 7.08. The van der Waals surface area contributed by atoms with Crippen molar-refractivity contribution in [3.05, 3.63) is 104 Å². The molecule has 0 unspecified atom stereocenters. The summed E-state index contributed by atoms with van der Waals surface area (Å²) >= 11 is 3.66. The van der Waals surface area contributed by atoms with Crippen LogP contribution in [0.2, 0.25) is 0 Å². The van der Waals surface area contributed by atoms with Crippen molar-refractivity contribution in [3.8, 4) is 17.2 Å². The fraction of sp³-hybridized carbons (Fsp3) is 0.172. The summed E-state index contributed by atoms with van der Waals surface area (Å²) in [5.74, 6) is 0.716. The number of aryl methyl sites for hydroxylation is 1. The maximum Gasteiger partial charge on any atom is 0.194 e. The molecule has 1 aliphatic rings. The number of hydrogen-bond donors (Lipinski definition) is 1. The number of benzene rings is 3. The standard InChI is InChI=1S/C29H25BrFN3O2/c1-16(2)22-13-18-11-20(12-19(18)14-24(22)30)28(35)23-15-33-34(29(23)32)26-9-8-21(10-17(26)3)36-27-7-5-4-6-25(27)31/h4-11,13-16H,12,32H2,1-3H3. The van der Waals surface area contributed by atoms with Crippen molar-refractivity contribution in [2.24, 2.45) is 0 Å². The maximum atomic E-state index is 13.9. The number of nitrogens with two attached hydrogens (primary N) is 1. The molecule has 2 N–H and O–H groups in total. The number of rotatable bonds is 6. The number of anilines is 1. The molecular formula is C29H25BrFN3O2. The Labute approximate surface area is 217 Å². The van der Waals surface area contributed by atoms with Crippen molar-refractivity contribution in [3.63, 3.8) is 0 Å². The number of hydrogen-bond acceptors (Lipinski definition) is 4. The Bertz CT molecular complexity index is 1540. The minimum Gasteiger partial charge on any atom is -0.454 e. The van der Waals surface area contributed by atoms with E-state index in [-0.39, 0.29) is 17.4 Å². The highest BCUT2D eigenvalue weighted by Crippen LogP contribution is 2.35. The number of nitrogens with zero attached hydrogens (tertiary/aromatic N) is 2. The van der Waals surface area contributed by atoms with Gasteiger partial charge < -0.3 is 10.5 Å². The van der Waals surface area contributed by atoms with Crippen LogP contribution >= 0.6 is 15.9 Å². The molecule has 7 heteroatoms. The zero-order chi connectivity index (χ0) is 25.6. The monoisotopic (exact) mass is 545 g/mol. The smallest absolute Gasteiger partial charge is 0.194 e. The number of ketones is 1. The first kappa shape index (κ1) is 24.0. The summed E-state index contributed by atoms with van der Waals surface area (Å²) in [5, 5.41) is 4.40. The van der Waals surface area contributed by atoms with E-state index >= 15 is 0 Å². The predicted molar refractivity (Wildman–Crippen MR) is 143 cm³/mol. The van der Waals surface area contributed by atoms with Crippen LogP contribution in [0.15, 0.2) is 70.8 Å². The second-order valence-electron chi connectivity index (χ2n) is 9.24. The number of carbonyl (C=O) groups is 1. The fourth-order valence-corrected chi connectivity index (χ4v) is 5.30. The average molecular weight is 546 g/mol. The molecular weight excluding hydrogens is 521 g/mol. The van der Waals surface area contributed by atoms with Crippen LogP contribution in [-0.2, 0) is 6.42 Å². The maximum absolute atomic E-state index is 13.9. The minimum absolute atomic E-state index is 0.130. The number of Topliss-reactive ketones (excluding diaryl/α,β-unsaturated/α-hetero) is 1. The summed E-state index contributed by atoms with van der Waals surface area (Å²) in [6, 6.07) is 15.8. The molecule has 0 fully saturated rings. The summed E-state index contributed by atoms with van der Waals surface area (Å²) < 4.78 is 22.2. The molecule has 0 bridgehead atoms. The van der Waals surface area contributed by atoms with Gasteiger partial charge >= 0.3 is 0 Å². The summed E-state index contributed by atoms with van der Waals surface area (Å²) in [6.45, 7) is 6.17. The van der Waals surface area contributed by atoms with Crippen molar-refractivity contribution < 1.29 is 13.9 Å². The Balaban J connectivity index is 1.40. The number of allylic oxidation sites excluding steroid dienone is 1. The quantitative estimate of drug-likeness (QED) is 0.256. The third-order valence-electron chi connectivity index (χ3n) is 6.39. The van der Waals surface area contributed by atoms with Crippen molar-refractivity contribution >= 4 is 33.6 Å². The lowest BCUT2D eigenvalue weighted by atomic mass is 9.98. The third kappa shape index (κ3) is 4.35. The highest BCUT2D eigenvalue weighted by atomic mass is 79.9. The molecule has 5 nitrogen and oxygen atoms in total. The molecule has 0 saturated heterocycles. The van der Waals surface area contributed by atoms with Gasteiger partial charge in [-0.15, -0.1) is 0 Å². The van der Waals surface area contributed by atoms with Gasteiger partial charge in [0.25, 0.3) is 0 Å². The van der Waals surface area contributed by atoms with E-state index < -0.39 is 5.82 Å². The predicted octanol–water partition coefficient (Wildman–Crippen LogP) is 7.40. The topological polar surface area (TPSA) is 70.1 Å². The first-order valence-corrected chi connectivity index (χ1v) is 12.5. The Morgan fingerprint density at radius 2 is 1.94 bits per heavy atom. The van der Waals surface area contributed by atoms with Crippen molar-refractivity contribution in [1.82, 2.24) is 9.78 Å². The molecule has 182 valence electrons. The van der Waals surface area contributed by atoms with Gasteiger partial charge in [0, 0.05) is 16.5 Å². The van der Waals surface area contributed by atoms with E-state index in [2.05, 4.69) is 47.0 Å². The van der Waals surface area contributed by atoms with Crippen LogP contribution in [0.25, 0.3) is 11.8 Å². The van der Waals surface area contributed by atoms with Crippen molar-refractivity contribution in [2.45, 2.75) is 33.1 Å². The van der Waals surface area contributed by atoms with Gasteiger partial charge in [0.1, 0.15) is 11.6 Å². The second kappa shape index (κ2) is 9.39. The van der Waals surface area contributed by atoms with Gasteiger partial charge in [-0.05, 0) is 77.6 Å². The van der Waals surface area contributed by atoms with Crippen molar-refractivity contribution in [1.29, 1.82) is 0 Å². The normalized spacial score (nSPS) is 12.6. The van der Waals surface area contributed by atoms with Gasteiger partial charge in [-0.1, -0.05) is 48.0 Å². The Morgan fingerprint density at radius 3 is 2.67 bits per heavy atom. The Hall–Kier alpha value is -3.71. The molecule has 0 radical (unpaired) electrons. The molecule has 4 aromatic rings. The van der Waals surface area contributed by atoms with E-state index in [1.807, 2.05) is 13.0 Å². The zero-order valence-electron chi connectivity index (χ0n) is 20.2. The largest absolute Gasteiger partial charge is 0.454 e. The van der Waals surface area contributed by atoms with Crippen LogP contribution in [0, 0.1) is 12.7 Å². The minimum atomic E-state index is -0.435. The van der Waals surface area contributed by atoms with Gasteiger partial charge in [-0.2, -0.15) is 5.10 Å². The van der Waals surface area contributed by atoms with E-state index in [1.54, 1.807) is 41.1 Å². The number of ether oxygens (including phenoxy) is 1. The van der Waals surface area contributed by atoms with Gasteiger partial charge in [-0.3, -0.25) is 4.79 Å². The van der Waals surface area contributed by atoms with Crippen LogP contribution in [-0.4, -0.2) is 15.6 Å². The van der Waals surface area contributed by atoms with Gasteiger partial charge in [-0.25, -0.2) is 9.07 Å². The van der Waals surface area contributed by atoms with Gasteiger partial charge in [0.15, 0.2) is 17.3 Å². The first-order chi connectivity index (χ1) is 17.2. The molecule has 0 aliphatic heterocycles. The molecule has 1 heterocycles. The number of fused-ring (bicyclic) bond motifs is 1. The lowest BCUT2D eigenvalue weighted by Crippen LogP contribution is -2.09. The average Bonchev–Trinajstić information content (AvgIpc) is 3.42. The first-order valence-electron chi connectivity index (χ1n) is 11.7. The fourth-order valence-electron chi connectivity index (χ4n) is 4.45. The van der Waals surface area contributed by atoms with E-state index in [9.17, 15) is 9.18 Å². The number of nitrogen functional groups attached to an aromatic ring is 1. The van der Waals surface area contributed by atoms with Crippen LogP contribution < -0.4 is 10.5 Å². The highest BCUT2D eigenvalue weighted by Gasteiger charge is 2.25. The van der Waals surface area contributed by atoms with E-state index in [0.29, 0.717) is 34.9 Å². The lowest BCUT2D eigenvalue weighted by molar-refractivity contribution is 0.103. The highest BCUT2D eigenvalue weighted by molar-refractivity contribution is 9.10. The zero-order valence-corrected chi connectivity index (χ0v) is 21.8. The molecule has 0 spiro atoms. The lowest BCUT2D eigenvalue weighted by Gasteiger charge is -2.12. The van der Waals surface area contributed by atoms with Crippen LogP contribution in [0.4, 0.5) is 10.2 Å². The van der Waals surface area contributed by atoms with Crippen LogP contribution in [0.1, 0.15) is 52.4 Å². The van der Waals surface area contributed by atoms with E-state index in [4.69, 9.17) is 10.5 Å². The molecule has 0 amide bonds. The number of aromatic nitrogens is 2. The SMILES string of the molecule is Cc1cc(Oc2ccccc2F)ccc1-n1ncc(C(=O)C2=Cc3cc(C(C)C)c(Br)cc3C2)c1N. The molecule has 36 heavy (non-hydrogen) atoms. The number of carbonyl (C=O) groups excluding carboxylic acids is 1.